The summed E-state index contributed by atoms with van der Waals surface area (Å²) >= 11 is 0. The zero-order chi connectivity index (χ0) is 13.7. The van der Waals surface area contributed by atoms with Gasteiger partial charge >= 0.3 is 0 Å². The number of nitrogens with zero attached hydrogens (tertiary/aromatic N) is 2. The van der Waals surface area contributed by atoms with Crippen LogP contribution in [0.2, 0.25) is 0 Å². The van der Waals surface area contributed by atoms with Gasteiger partial charge in [0, 0.05) is 24.1 Å². The Balaban J connectivity index is 1.69. The van der Waals surface area contributed by atoms with E-state index in [1.54, 1.807) is 12.3 Å². The molecule has 1 aliphatic carbocycles. The Morgan fingerprint density at radius 3 is 3.00 bits per heavy atom. The van der Waals surface area contributed by atoms with Crippen LogP contribution in [-0.2, 0) is 0 Å². The van der Waals surface area contributed by atoms with E-state index in [9.17, 15) is 9.50 Å². The topological polar surface area (TPSA) is 47.3 Å². The molecule has 0 spiro atoms. The van der Waals surface area contributed by atoms with Crippen LogP contribution in [0.25, 0.3) is 0 Å². The monoisotopic (exact) mass is 274 g/mol. The quantitative estimate of drug-likeness (QED) is 0.916. The molecule has 2 aromatic rings. The number of hydrogen-bond acceptors (Lipinski definition) is 3. The molecule has 104 valence electrons. The average Bonchev–Trinajstić information content (AvgIpc) is 3.15. The minimum Gasteiger partial charge on any atom is -0.484 e. The molecule has 4 nitrogen and oxygen atoms in total. The number of ether oxygens (including phenoxy) is 1. The molecule has 2 heterocycles. The van der Waals surface area contributed by atoms with Crippen LogP contribution in [0.4, 0.5) is 4.39 Å². The van der Waals surface area contributed by atoms with E-state index < -0.39 is 6.10 Å². The number of hydrogen-bond donors (Lipinski definition) is 1. The van der Waals surface area contributed by atoms with E-state index in [1.165, 1.54) is 12.1 Å². The summed E-state index contributed by atoms with van der Waals surface area (Å²) in [6, 6.07) is 4.77. The van der Waals surface area contributed by atoms with Crippen LogP contribution in [0, 0.1) is 5.82 Å². The third-order valence-corrected chi connectivity index (χ3v) is 4.01. The zero-order valence-corrected chi connectivity index (χ0v) is 10.9. The van der Waals surface area contributed by atoms with Crippen LogP contribution in [0.3, 0.4) is 0 Å². The van der Waals surface area contributed by atoms with E-state index in [1.807, 2.05) is 6.33 Å². The van der Waals surface area contributed by atoms with Crippen molar-refractivity contribution < 1.29 is 14.2 Å². The van der Waals surface area contributed by atoms with Crippen molar-refractivity contribution in [1.82, 2.24) is 9.55 Å². The van der Waals surface area contributed by atoms with E-state index in [0.29, 0.717) is 23.8 Å². The highest BCUT2D eigenvalue weighted by molar-refractivity contribution is 5.38. The van der Waals surface area contributed by atoms with Crippen LogP contribution < -0.4 is 4.74 Å². The van der Waals surface area contributed by atoms with Gasteiger partial charge in [-0.3, -0.25) is 0 Å². The van der Waals surface area contributed by atoms with Crippen molar-refractivity contribution in [2.45, 2.75) is 37.5 Å². The number of benzene rings is 1. The van der Waals surface area contributed by atoms with Gasteiger partial charge in [0.15, 0.2) is 0 Å². The van der Waals surface area contributed by atoms with E-state index in [4.69, 9.17) is 4.74 Å². The predicted molar refractivity (Wildman–Crippen MR) is 69.8 cm³/mol. The smallest absolute Gasteiger partial charge is 0.143 e. The van der Waals surface area contributed by atoms with Crippen molar-refractivity contribution in [1.29, 1.82) is 0 Å². The molecular weight excluding hydrogens is 259 g/mol. The lowest BCUT2D eigenvalue weighted by molar-refractivity contribution is 0.0614. The number of aliphatic hydroxyl groups excluding tert-OH is 1. The molecule has 5 heteroatoms. The van der Waals surface area contributed by atoms with Gasteiger partial charge in [-0.05, 0) is 25.0 Å². The summed E-state index contributed by atoms with van der Waals surface area (Å²) in [5.74, 6) is 0.0737. The molecular formula is C15H15FN2O2. The number of aromatic nitrogens is 2. The normalized spacial score (nSPS) is 25.1. The van der Waals surface area contributed by atoms with Crippen LogP contribution in [0.5, 0.6) is 5.75 Å². The zero-order valence-electron chi connectivity index (χ0n) is 10.9. The second kappa shape index (κ2) is 4.31. The molecule has 2 aliphatic rings. The maximum Gasteiger partial charge on any atom is 0.143 e. The van der Waals surface area contributed by atoms with Crippen molar-refractivity contribution in [2.24, 2.45) is 0 Å². The molecule has 4 rings (SSSR count). The van der Waals surface area contributed by atoms with Gasteiger partial charge in [-0.2, -0.15) is 0 Å². The third-order valence-electron chi connectivity index (χ3n) is 4.01. The summed E-state index contributed by atoms with van der Waals surface area (Å²) in [6.07, 6.45) is 5.46. The van der Waals surface area contributed by atoms with E-state index >= 15 is 0 Å². The highest BCUT2D eigenvalue weighted by Gasteiger charge is 2.33. The maximum atomic E-state index is 13.3. The van der Waals surface area contributed by atoms with Gasteiger partial charge in [0.1, 0.15) is 17.7 Å². The fraction of sp³-hybridized carbons (Fsp3) is 0.400. The first-order valence-electron chi connectivity index (χ1n) is 6.88. The standard InChI is InChI=1S/C15H15FN2O2/c16-9-1-4-11-13(19)6-15(20-14(11)5-9)12-7-17-8-18(12)10-2-3-10/h1,4-5,7-8,10,13,15,19H,2-3,6H2/t13-,15?/m0/s1. The Labute approximate surface area is 115 Å². The number of fused-ring (bicyclic) bond motifs is 1. The Bertz CT molecular complexity index is 651. The van der Waals surface area contributed by atoms with E-state index in [-0.39, 0.29) is 11.9 Å². The van der Waals surface area contributed by atoms with Gasteiger partial charge in [0.05, 0.1) is 24.3 Å². The van der Waals surface area contributed by atoms with Gasteiger partial charge < -0.3 is 14.4 Å². The molecule has 0 bridgehead atoms. The summed E-state index contributed by atoms with van der Waals surface area (Å²) in [7, 11) is 0. The predicted octanol–water partition coefficient (Wildman–Crippen LogP) is 2.91. The first kappa shape index (κ1) is 11.9. The molecule has 20 heavy (non-hydrogen) atoms. The van der Waals surface area contributed by atoms with Gasteiger partial charge in [0.25, 0.3) is 0 Å². The van der Waals surface area contributed by atoms with Crippen molar-refractivity contribution in [3.05, 3.63) is 47.8 Å². The fourth-order valence-corrected chi connectivity index (χ4v) is 2.82. The molecule has 1 aromatic heterocycles. The summed E-state index contributed by atoms with van der Waals surface area (Å²) in [6.45, 7) is 0. The molecule has 1 unspecified atom stereocenters. The lowest BCUT2D eigenvalue weighted by Gasteiger charge is -2.30. The van der Waals surface area contributed by atoms with Gasteiger partial charge in [-0.15, -0.1) is 0 Å². The molecule has 2 atom stereocenters. The highest BCUT2D eigenvalue weighted by Crippen LogP contribution is 2.43. The Morgan fingerprint density at radius 1 is 1.35 bits per heavy atom. The minimum atomic E-state index is -0.632. The second-order valence-electron chi connectivity index (χ2n) is 5.50. The Morgan fingerprint density at radius 2 is 2.20 bits per heavy atom. The summed E-state index contributed by atoms with van der Waals surface area (Å²) in [5.41, 5.74) is 1.61. The number of halogens is 1. The van der Waals surface area contributed by atoms with Gasteiger partial charge in [-0.1, -0.05) is 0 Å². The Hall–Kier alpha value is -1.88. The lowest BCUT2D eigenvalue weighted by Crippen LogP contribution is -2.21. The summed E-state index contributed by atoms with van der Waals surface area (Å²) < 4.78 is 21.3. The van der Waals surface area contributed by atoms with Crippen molar-refractivity contribution in [3.63, 3.8) is 0 Å². The summed E-state index contributed by atoms with van der Waals surface area (Å²) in [5, 5.41) is 10.2. The summed E-state index contributed by atoms with van der Waals surface area (Å²) in [4.78, 5) is 4.18. The van der Waals surface area contributed by atoms with Crippen molar-refractivity contribution in [3.8, 4) is 5.75 Å². The largest absolute Gasteiger partial charge is 0.484 e. The SMILES string of the molecule is O[C@H]1CC(c2cncn2C2CC2)Oc2cc(F)ccc21. The molecule has 1 aromatic carbocycles. The van der Waals surface area contributed by atoms with Crippen molar-refractivity contribution in [2.75, 3.05) is 0 Å². The van der Waals surface area contributed by atoms with Crippen LogP contribution in [-0.4, -0.2) is 14.7 Å². The van der Waals surface area contributed by atoms with Crippen LogP contribution in [0.1, 0.15) is 48.8 Å². The molecule has 1 aliphatic heterocycles. The Kier molecular flexibility index (Phi) is 2.57. The van der Waals surface area contributed by atoms with Gasteiger partial charge in [-0.25, -0.2) is 9.37 Å². The highest BCUT2D eigenvalue weighted by atomic mass is 19.1. The van der Waals surface area contributed by atoms with Crippen LogP contribution in [0.15, 0.2) is 30.7 Å². The van der Waals surface area contributed by atoms with Gasteiger partial charge in [0.2, 0.25) is 0 Å². The molecule has 0 saturated heterocycles. The molecule has 0 amide bonds. The molecule has 1 saturated carbocycles. The average molecular weight is 274 g/mol. The number of rotatable bonds is 2. The first-order valence-corrected chi connectivity index (χ1v) is 6.88. The molecule has 0 radical (unpaired) electrons. The van der Waals surface area contributed by atoms with E-state index in [0.717, 1.165) is 18.5 Å². The second-order valence-corrected chi connectivity index (χ2v) is 5.50. The number of imidazole rings is 1. The molecule has 1 fully saturated rings. The fourth-order valence-electron chi connectivity index (χ4n) is 2.82. The van der Waals surface area contributed by atoms with E-state index in [2.05, 4.69) is 9.55 Å². The molecule has 1 N–H and O–H groups in total. The lowest BCUT2D eigenvalue weighted by atomic mass is 9.97. The first-order chi connectivity index (χ1) is 9.72. The number of aliphatic hydroxyl groups is 1. The minimum absolute atomic E-state index is 0.276. The van der Waals surface area contributed by atoms with Crippen molar-refractivity contribution >= 4 is 0 Å². The third kappa shape index (κ3) is 1.89. The van der Waals surface area contributed by atoms with Crippen LogP contribution >= 0.6 is 0 Å². The maximum absolute atomic E-state index is 13.3.